The lowest BCUT2D eigenvalue weighted by atomic mass is 10.1. The lowest BCUT2D eigenvalue weighted by molar-refractivity contribution is 0.517. The number of nitriles is 1. The Morgan fingerprint density at radius 3 is 2.48 bits per heavy atom. The minimum absolute atomic E-state index is 0.0711. The Bertz CT molecular complexity index is 726. The standard InChI is InChI=1S/C17H17ClN2O/c1-3-12(2)20-16(13-4-7-15(18)8-5-13)9-6-14(10-11-19)17(20)21/h4-9,12H,3,10H2,1-2H3. The monoisotopic (exact) mass is 300 g/mol. The van der Waals surface area contributed by atoms with Crippen LogP contribution in [0, 0.1) is 11.3 Å². The second-order valence-electron chi connectivity index (χ2n) is 5.02. The molecule has 1 heterocycles. The van der Waals surface area contributed by atoms with Crippen molar-refractivity contribution in [3.8, 4) is 17.3 Å². The summed E-state index contributed by atoms with van der Waals surface area (Å²) in [6, 6.07) is 13.2. The number of aromatic nitrogens is 1. The van der Waals surface area contributed by atoms with Gasteiger partial charge >= 0.3 is 0 Å². The minimum Gasteiger partial charge on any atom is -0.305 e. The first-order chi connectivity index (χ1) is 10.1. The molecule has 0 amide bonds. The van der Waals surface area contributed by atoms with Gasteiger partial charge in [0.05, 0.1) is 18.2 Å². The first-order valence-corrected chi connectivity index (χ1v) is 7.33. The number of halogens is 1. The van der Waals surface area contributed by atoms with Crippen LogP contribution in [-0.2, 0) is 6.42 Å². The van der Waals surface area contributed by atoms with E-state index in [1.54, 1.807) is 10.6 Å². The van der Waals surface area contributed by atoms with Gasteiger partial charge < -0.3 is 4.57 Å². The summed E-state index contributed by atoms with van der Waals surface area (Å²) >= 11 is 5.92. The maximum absolute atomic E-state index is 12.6. The van der Waals surface area contributed by atoms with E-state index in [9.17, 15) is 4.79 Å². The minimum atomic E-state index is -0.0849. The summed E-state index contributed by atoms with van der Waals surface area (Å²) < 4.78 is 1.77. The van der Waals surface area contributed by atoms with Crippen LogP contribution in [0.15, 0.2) is 41.2 Å². The molecule has 1 unspecified atom stereocenters. The number of benzene rings is 1. The zero-order valence-electron chi connectivity index (χ0n) is 12.1. The van der Waals surface area contributed by atoms with E-state index < -0.39 is 0 Å². The molecule has 21 heavy (non-hydrogen) atoms. The molecule has 4 heteroatoms. The molecular weight excluding hydrogens is 284 g/mol. The van der Waals surface area contributed by atoms with Crippen LogP contribution in [-0.4, -0.2) is 4.57 Å². The smallest absolute Gasteiger partial charge is 0.255 e. The summed E-state index contributed by atoms with van der Waals surface area (Å²) in [5.41, 5.74) is 2.25. The third kappa shape index (κ3) is 3.17. The molecule has 1 atom stereocenters. The summed E-state index contributed by atoms with van der Waals surface area (Å²) in [7, 11) is 0. The summed E-state index contributed by atoms with van der Waals surface area (Å²) in [4.78, 5) is 12.6. The summed E-state index contributed by atoms with van der Waals surface area (Å²) in [6.07, 6.45) is 0.979. The molecule has 0 bridgehead atoms. The molecule has 2 rings (SSSR count). The third-order valence-electron chi connectivity index (χ3n) is 3.64. The zero-order chi connectivity index (χ0) is 15.4. The molecule has 3 nitrogen and oxygen atoms in total. The van der Waals surface area contributed by atoms with E-state index in [2.05, 4.69) is 0 Å². The van der Waals surface area contributed by atoms with Crippen LogP contribution in [0.5, 0.6) is 0 Å². The van der Waals surface area contributed by atoms with E-state index in [1.165, 1.54) is 0 Å². The summed E-state index contributed by atoms with van der Waals surface area (Å²) in [5.74, 6) is 0. The Morgan fingerprint density at radius 2 is 1.90 bits per heavy atom. The molecule has 1 aromatic carbocycles. The van der Waals surface area contributed by atoms with Gasteiger partial charge in [-0.2, -0.15) is 5.26 Å². The highest BCUT2D eigenvalue weighted by Crippen LogP contribution is 2.24. The van der Waals surface area contributed by atoms with Crippen molar-refractivity contribution >= 4 is 11.6 Å². The largest absolute Gasteiger partial charge is 0.305 e. The third-order valence-corrected chi connectivity index (χ3v) is 3.89. The van der Waals surface area contributed by atoms with E-state index in [1.807, 2.05) is 50.2 Å². The van der Waals surface area contributed by atoms with Crippen molar-refractivity contribution in [2.24, 2.45) is 0 Å². The number of hydrogen-bond donors (Lipinski definition) is 0. The van der Waals surface area contributed by atoms with Crippen LogP contribution in [0.1, 0.15) is 31.9 Å². The number of pyridine rings is 1. The molecule has 0 aliphatic rings. The molecule has 0 aliphatic carbocycles. The van der Waals surface area contributed by atoms with Crippen LogP contribution >= 0.6 is 11.6 Å². The van der Waals surface area contributed by atoms with Gasteiger partial charge in [0.15, 0.2) is 0 Å². The quantitative estimate of drug-likeness (QED) is 0.849. The van der Waals surface area contributed by atoms with Gasteiger partial charge in [0, 0.05) is 16.6 Å². The van der Waals surface area contributed by atoms with Crippen molar-refractivity contribution in [1.29, 1.82) is 5.26 Å². The average molecular weight is 301 g/mol. The first kappa shape index (κ1) is 15.3. The fraction of sp³-hybridized carbons (Fsp3) is 0.294. The van der Waals surface area contributed by atoms with Gasteiger partial charge in [-0.1, -0.05) is 36.7 Å². The van der Waals surface area contributed by atoms with Crippen molar-refractivity contribution in [1.82, 2.24) is 4.57 Å². The predicted molar refractivity (Wildman–Crippen MR) is 85.5 cm³/mol. The molecule has 0 N–H and O–H groups in total. The van der Waals surface area contributed by atoms with Gasteiger partial charge in [0.1, 0.15) is 0 Å². The molecule has 0 aliphatic heterocycles. The Balaban J connectivity index is 2.66. The molecule has 0 spiro atoms. The maximum atomic E-state index is 12.6. The van der Waals surface area contributed by atoms with Gasteiger partial charge in [-0.15, -0.1) is 0 Å². The van der Waals surface area contributed by atoms with E-state index in [-0.39, 0.29) is 18.0 Å². The van der Waals surface area contributed by atoms with Gasteiger partial charge in [-0.25, -0.2) is 0 Å². The number of hydrogen-bond acceptors (Lipinski definition) is 2. The van der Waals surface area contributed by atoms with Crippen molar-refractivity contribution in [2.45, 2.75) is 32.7 Å². The molecule has 0 radical (unpaired) electrons. The number of rotatable bonds is 4. The molecular formula is C17H17ClN2O. The molecule has 2 aromatic rings. The second-order valence-corrected chi connectivity index (χ2v) is 5.45. The van der Waals surface area contributed by atoms with E-state index in [4.69, 9.17) is 16.9 Å². The lowest BCUT2D eigenvalue weighted by Gasteiger charge is -2.19. The van der Waals surface area contributed by atoms with Crippen LogP contribution in [0.2, 0.25) is 5.02 Å². The van der Waals surface area contributed by atoms with E-state index in [0.717, 1.165) is 17.7 Å². The van der Waals surface area contributed by atoms with Crippen LogP contribution in [0.4, 0.5) is 0 Å². The van der Waals surface area contributed by atoms with Crippen LogP contribution in [0.25, 0.3) is 11.3 Å². The fourth-order valence-electron chi connectivity index (χ4n) is 2.29. The highest BCUT2D eigenvalue weighted by molar-refractivity contribution is 6.30. The topological polar surface area (TPSA) is 45.8 Å². The second kappa shape index (κ2) is 6.60. The molecule has 1 aromatic heterocycles. The van der Waals surface area contributed by atoms with Crippen molar-refractivity contribution in [2.75, 3.05) is 0 Å². The van der Waals surface area contributed by atoms with Gasteiger partial charge in [-0.05, 0) is 37.1 Å². The van der Waals surface area contributed by atoms with Crippen molar-refractivity contribution in [3.63, 3.8) is 0 Å². The Labute approximate surface area is 129 Å². The lowest BCUT2D eigenvalue weighted by Crippen LogP contribution is -2.27. The highest BCUT2D eigenvalue weighted by atomic mass is 35.5. The Kier molecular flexibility index (Phi) is 4.82. The fourth-order valence-corrected chi connectivity index (χ4v) is 2.42. The van der Waals surface area contributed by atoms with Crippen molar-refractivity contribution < 1.29 is 0 Å². The SMILES string of the molecule is CCC(C)n1c(-c2ccc(Cl)cc2)ccc(CC#N)c1=O. The highest BCUT2D eigenvalue weighted by Gasteiger charge is 2.14. The molecule has 0 saturated carbocycles. The molecule has 0 fully saturated rings. The normalized spacial score (nSPS) is 11.9. The van der Waals surface area contributed by atoms with Crippen LogP contribution in [0.3, 0.4) is 0 Å². The predicted octanol–water partition coefficient (Wildman–Crippen LogP) is 4.21. The van der Waals surface area contributed by atoms with E-state index in [0.29, 0.717) is 10.6 Å². The molecule has 108 valence electrons. The summed E-state index contributed by atoms with van der Waals surface area (Å²) in [6.45, 7) is 4.05. The number of nitrogens with zero attached hydrogens (tertiary/aromatic N) is 2. The van der Waals surface area contributed by atoms with Gasteiger partial charge in [0.25, 0.3) is 5.56 Å². The van der Waals surface area contributed by atoms with Gasteiger partial charge in [0.2, 0.25) is 0 Å². The van der Waals surface area contributed by atoms with Crippen molar-refractivity contribution in [3.05, 3.63) is 57.3 Å². The zero-order valence-corrected chi connectivity index (χ0v) is 12.9. The molecule has 0 saturated heterocycles. The van der Waals surface area contributed by atoms with Gasteiger partial charge in [-0.3, -0.25) is 4.79 Å². The Morgan fingerprint density at radius 1 is 1.24 bits per heavy atom. The van der Waals surface area contributed by atoms with E-state index >= 15 is 0 Å². The average Bonchev–Trinajstić information content (AvgIpc) is 2.49. The Hall–Kier alpha value is -2.05. The van der Waals surface area contributed by atoms with Crippen LogP contribution < -0.4 is 5.56 Å². The first-order valence-electron chi connectivity index (χ1n) is 6.95. The maximum Gasteiger partial charge on any atom is 0.255 e. The summed E-state index contributed by atoms with van der Waals surface area (Å²) in [5, 5.41) is 9.50.